The van der Waals surface area contributed by atoms with Crippen LogP contribution in [0.2, 0.25) is 0 Å². The van der Waals surface area contributed by atoms with E-state index < -0.39 is 5.82 Å². The van der Waals surface area contributed by atoms with Crippen molar-refractivity contribution in [3.63, 3.8) is 0 Å². The van der Waals surface area contributed by atoms with Crippen molar-refractivity contribution in [2.24, 2.45) is 0 Å². The number of benzene rings is 4. The van der Waals surface area contributed by atoms with Crippen molar-refractivity contribution in [3.05, 3.63) is 120 Å². The average Bonchev–Trinajstić information content (AvgIpc) is 3.20. The van der Waals surface area contributed by atoms with Crippen molar-refractivity contribution in [1.29, 1.82) is 0 Å². The van der Waals surface area contributed by atoms with Crippen molar-refractivity contribution in [3.8, 4) is 17.2 Å². The Morgan fingerprint density at radius 2 is 1.44 bits per heavy atom. The number of hydrogen-bond acceptors (Lipinski definition) is 3. The fourth-order valence-electron chi connectivity index (χ4n) is 3.42. The normalized spacial score (nSPS) is 11.8. The minimum Gasteiger partial charge on any atom is -0.488 e. The van der Waals surface area contributed by atoms with Crippen molar-refractivity contribution in [1.82, 2.24) is 9.78 Å². The van der Waals surface area contributed by atoms with E-state index in [0.29, 0.717) is 16.6 Å². The summed E-state index contributed by atoms with van der Waals surface area (Å²) in [6.45, 7) is 0.519. The van der Waals surface area contributed by atoms with Crippen LogP contribution in [0.4, 0.5) is 4.39 Å². The SMILES string of the molecule is [2H]c1ccc2c(c([2H])nn2-c2ccc(OCc3ccccc3)c(F)c2)c1OCc1ccccc1. The average molecular weight is 426 g/mol. The molecule has 5 heteroatoms. The van der Waals surface area contributed by atoms with Crippen LogP contribution in [-0.2, 0) is 13.2 Å². The van der Waals surface area contributed by atoms with E-state index in [9.17, 15) is 4.39 Å². The molecule has 32 heavy (non-hydrogen) atoms. The highest BCUT2D eigenvalue weighted by Gasteiger charge is 2.12. The molecule has 4 aromatic carbocycles. The monoisotopic (exact) mass is 426 g/mol. The zero-order valence-electron chi connectivity index (χ0n) is 19.2. The Morgan fingerprint density at radius 3 is 2.09 bits per heavy atom. The highest BCUT2D eigenvalue weighted by atomic mass is 19.1. The third-order valence-electron chi connectivity index (χ3n) is 5.05. The molecule has 0 aliphatic rings. The van der Waals surface area contributed by atoms with Gasteiger partial charge in [0.25, 0.3) is 0 Å². The zero-order valence-corrected chi connectivity index (χ0v) is 17.2. The maximum absolute atomic E-state index is 14.8. The van der Waals surface area contributed by atoms with Gasteiger partial charge in [-0.2, -0.15) is 5.10 Å². The Balaban J connectivity index is 1.44. The van der Waals surface area contributed by atoms with Crippen molar-refractivity contribution in [2.75, 3.05) is 0 Å². The van der Waals surface area contributed by atoms with Crippen LogP contribution >= 0.6 is 0 Å². The fraction of sp³-hybridized carbons (Fsp3) is 0.0741. The summed E-state index contributed by atoms with van der Waals surface area (Å²) in [5.41, 5.74) is 2.89. The van der Waals surface area contributed by atoms with Gasteiger partial charge in [-0.05, 0) is 35.4 Å². The standard InChI is InChI=1S/C27H21FN2O2/c28-24-16-22(14-15-27(24)32-19-21-10-5-2-6-11-21)30-25-12-7-13-26(23(25)17-29-30)31-18-20-8-3-1-4-9-20/h1-17H,18-19H2/i13D,17D. The van der Waals surface area contributed by atoms with E-state index in [0.717, 1.165) is 11.1 Å². The van der Waals surface area contributed by atoms with Crippen molar-refractivity contribution < 1.29 is 16.6 Å². The summed E-state index contributed by atoms with van der Waals surface area (Å²) in [6.07, 6.45) is -0.0445. The molecule has 158 valence electrons. The molecule has 0 unspecified atom stereocenters. The molecule has 0 saturated heterocycles. The lowest BCUT2D eigenvalue weighted by molar-refractivity contribution is 0.290. The molecular weight excluding hydrogens is 403 g/mol. The molecule has 0 radical (unpaired) electrons. The van der Waals surface area contributed by atoms with Gasteiger partial charge in [-0.25, -0.2) is 9.07 Å². The van der Waals surface area contributed by atoms with Gasteiger partial charge in [-0.1, -0.05) is 66.7 Å². The Bertz CT molecular complexity index is 1440. The Kier molecular flexibility index (Phi) is 4.90. The van der Waals surface area contributed by atoms with Gasteiger partial charge in [-0.3, -0.25) is 0 Å². The lowest BCUT2D eigenvalue weighted by Crippen LogP contribution is -2.00. The van der Waals surface area contributed by atoms with Crippen LogP contribution in [0.5, 0.6) is 11.5 Å². The molecule has 0 atom stereocenters. The molecule has 4 nitrogen and oxygen atoms in total. The highest BCUT2D eigenvalue weighted by molar-refractivity contribution is 5.86. The Labute approximate surface area is 188 Å². The summed E-state index contributed by atoms with van der Waals surface area (Å²) in [7, 11) is 0. The molecule has 1 aromatic heterocycles. The predicted octanol–water partition coefficient (Wildman–Crippen LogP) is 6.32. The van der Waals surface area contributed by atoms with Gasteiger partial charge in [0.05, 0.1) is 25.5 Å². The topological polar surface area (TPSA) is 36.3 Å². The van der Waals surface area contributed by atoms with Crippen LogP contribution in [0.3, 0.4) is 0 Å². The molecule has 5 aromatic rings. The molecule has 0 fully saturated rings. The smallest absolute Gasteiger partial charge is 0.167 e. The molecule has 0 amide bonds. The summed E-state index contributed by atoms with van der Waals surface area (Å²) in [5.74, 6) is -0.113. The van der Waals surface area contributed by atoms with Gasteiger partial charge >= 0.3 is 0 Å². The maximum Gasteiger partial charge on any atom is 0.167 e. The first-order valence-corrected chi connectivity index (χ1v) is 10.2. The summed E-state index contributed by atoms with van der Waals surface area (Å²) in [6, 6.07) is 27.2. The molecule has 0 N–H and O–H groups in total. The summed E-state index contributed by atoms with van der Waals surface area (Å²) in [4.78, 5) is 0. The first-order chi connectivity index (χ1) is 16.6. The van der Waals surface area contributed by atoms with Crippen LogP contribution in [0.15, 0.2) is 103 Å². The number of rotatable bonds is 7. The van der Waals surface area contributed by atoms with E-state index >= 15 is 0 Å². The van der Waals surface area contributed by atoms with Crippen LogP contribution < -0.4 is 9.47 Å². The Hall–Kier alpha value is -4.12. The molecule has 0 spiro atoms. The molecular formula is C27H21FN2O2. The Morgan fingerprint density at radius 1 is 0.781 bits per heavy atom. The lowest BCUT2D eigenvalue weighted by atomic mass is 10.2. The maximum atomic E-state index is 14.8. The number of fused-ring (bicyclic) bond motifs is 1. The van der Waals surface area contributed by atoms with Gasteiger partial charge in [-0.15, -0.1) is 0 Å². The van der Waals surface area contributed by atoms with Crippen LogP contribution in [-0.4, -0.2) is 9.78 Å². The summed E-state index contributed by atoms with van der Waals surface area (Å²) >= 11 is 0. The largest absolute Gasteiger partial charge is 0.488 e. The van der Waals surface area contributed by atoms with Gasteiger partial charge in [0.2, 0.25) is 0 Å². The van der Waals surface area contributed by atoms with Crippen molar-refractivity contribution in [2.45, 2.75) is 13.2 Å². The van der Waals surface area contributed by atoms with Crippen molar-refractivity contribution >= 4 is 10.9 Å². The number of nitrogens with zero attached hydrogens (tertiary/aromatic N) is 2. The molecule has 0 saturated carbocycles. The summed E-state index contributed by atoms with van der Waals surface area (Å²) < 4.78 is 44.6. The van der Waals surface area contributed by atoms with E-state index in [1.807, 2.05) is 60.7 Å². The first-order valence-electron chi connectivity index (χ1n) is 11.2. The van der Waals surface area contributed by atoms with Gasteiger partial charge < -0.3 is 9.47 Å². The minimum absolute atomic E-state index is 0.0445. The first kappa shape index (κ1) is 17.5. The van der Waals surface area contributed by atoms with E-state index in [4.69, 9.17) is 12.2 Å². The lowest BCUT2D eigenvalue weighted by Gasteiger charge is -2.10. The van der Waals surface area contributed by atoms with Crippen LogP contribution in [0.1, 0.15) is 13.9 Å². The number of halogens is 1. The van der Waals surface area contributed by atoms with Gasteiger partial charge in [0.15, 0.2) is 11.6 Å². The zero-order chi connectivity index (χ0) is 23.5. The third kappa shape index (κ3) is 4.18. The van der Waals surface area contributed by atoms with Crippen LogP contribution in [0, 0.1) is 5.82 Å². The second kappa shape index (κ2) is 8.94. The fourth-order valence-corrected chi connectivity index (χ4v) is 3.42. The number of hydrogen-bond donors (Lipinski definition) is 0. The van der Waals surface area contributed by atoms with Gasteiger partial charge in [0.1, 0.15) is 19.0 Å². The predicted molar refractivity (Wildman–Crippen MR) is 123 cm³/mol. The number of aromatic nitrogens is 2. The summed E-state index contributed by atoms with van der Waals surface area (Å²) in [5, 5.41) is 4.70. The number of ether oxygens (including phenoxy) is 2. The molecule has 0 bridgehead atoms. The second-order valence-electron chi connectivity index (χ2n) is 7.25. The molecule has 0 aliphatic heterocycles. The van der Waals surface area contributed by atoms with Crippen LogP contribution in [0.25, 0.3) is 16.6 Å². The quantitative estimate of drug-likeness (QED) is 0.305. The minimum atomic E-state index is -0.527. The second-order valence-corrected chi connectivity index (χ2v) is 7.25. The van der Waals surface area contributed by atoms with Gasteiger partial charge in [0, 0.05) is 6.07 Å². The van der Waals surface area contributed by atoms with E-state index in [1.165, 1.54) is 10.7 Å². The van der Waals surface area contributed by atoms with E-state index in [1.54, 1.807) is 24.3 Å². The highest BCUT2D eigenvalue weighted by Crippen LogP contribution is 2.29. The van der Waals surface area contributed by atoms with E-state index in [-0.39, 0.29) is 36.9 Å². The molecule has 5 rings (SSSR count). The third-order valence-corrected chi connectivity index (χ3v) is 5.05. The molecule has 0 aliphatic carbocycles. The van der Waals surface area contributed by atoms with E-state index in [2.05, 4.69) is 5.10 Å². The molecule has 1 heterocycles.